The van der Waals surface area contributed by atoms with Crippen LogP contribution in [0.3, 0.4) is 0 Å². The van der Waals surface area contributed by atoms with Gasteiger partial charge < -0.3 is 11.5 Å². The lowest BCUT2D eigenvalue weighted by molar-refractivity contribution is 1.04. The molecule has 0 radical (unpaired) electrons. The third-order valence-corrected chi connectivity index (χ3v) is 5.99. The number of hydrogen-bond donors (Lipinski definition) is 2. The SMILES string of the molecule is NC(CCSSCCC(N)=NCc1ccccc1)=NCc1ccccc1. The summed E-state index contributed by atoms with van der Waals surface area (Å²) in [6, 6.07) is 20.3. The Morgan fingerprint density at radius 2 is 1.04 bits per heavy atom. The molecule has 4 nitrogen and oxygen atoms in total. The van der Waals surface area contributed by atoms with Crippen molar-refractivity contribution in [1.82, 2.24) is 0 Å². The van der Waals surface area contributed by atoms with E-state index in [1.807, 2.05) is 36.4 Å². The van der Waals surface area contributed by atoms with Gasteiger partial charge in [0.1, 0.15) is 0 Å². The molecule has 0 bridgehead atoms. The molecule has 2 aromatic rings. The van der Waals surface area contributed by atoms with Gasteiger partial charge in [-0.05, 0) is 11.1 Å². The van der Waals surface area contributed by atoms with Gasteiger partial charge in [0.2, 0.25) is 0 Å². The summed E-state index contributed by atoms with van der Waals surface area (Å²) in [6.45, 7) is 1.30. The number of nitrogens with zero attached hydrogens (tertiary/aromatic N) is 2. The van der Waals surface area contributed by atoms with Crippen molar-refractivity contribution in [3.05, 3.63) is 71.8 Å². The minimum absolute atomic E-state index is 0.652. The molecule has 0 aromatic heterocycles. The first-order valence-corrected chi connectivity index (χ1v) is 11.1. The van der Waals surface area contributed by atoms with Crippen LogP contribution in [0, 0.1) is 0 Å². The van der Waals surface area contributed by atoms with Gasteiger partial charge in [-0.1, -0.05) is 82.3 Å². The van der Waals surface area contributed by atoms with E-state index in [9.17, 15) is 0 Å². The molecule has 0 spiro atoms. The molecule has 0 heterocycles. The average Bonchev–Trinajstić information content (AvgIpc) is 2.69. The van der Waals surface area contributed by atoms with E-state index in [0.29, 0.717) is 24.8 Å². The molecule has 0 fully saturated rings. The van der Waals surface area contributed by atoms with Crippen molar-refractivity contribution in [2.24, 2.45) is 21.5 Å². The molecule has 26 heavy (non-hydrogen) atoms. The Balaban J connectivity index is 1.53. The van der Waals surface area contributed by atoms with Crippen molar-refractivity contribution in [2.75, 3.05) is 11.5 Å². The maximum atomic E-state index is 5.97. The van der Waals surface area contributed by atoms with E-state index in [-0.39, 0.29) is 0 Å². The molecule has 138 valence electrons. The molecular weight excluding hydrogens is 360 g/mol. The van der Waals surface area contributed by atoms with Gasteiger partial charge in [-0.2, -0.15) is 0 Å². The first-order valence-electron chi connectivity index (χ1n) is 8.64. The van der Waals surface area contributed by atoms with Crippen LogP contribution in [0.1, 0.15) is 24.0 Å². The van der Waals surface area contributed by atoms with Gasteiger partial charge in [0, 0.05) is 24.3 Å². The molecule has 0 aliphatic carbocycles. The molecule has 0 saturated heterocycles. The van der Waals surface area contributed by atoms with E-state index in [1.165, 1.54) is 11.1 Å². The lowest BCUT2D eigenvalue weighted by atomic mass is 10.2. The van der Waals surface area contributed by atoms with Crippen LogP contribution >= 0.6 is 21.6 Å². The van der Waals surface area contributed by atoms with E-state index in [2.05, 4.69) is 34.3 Å². The second-order valence-corrected chi connectivity index (χ2v) is 8.43. The van der Waals surface area contributed by atoms with Crippen molar-refractivity contribution in [1.29, 1.82) is 0 Å². The second-order valence-electron chi connectivity index (χ2n) is 5.73. The quantitative estimate of drug-likeness (QED) is 0.262. The lowest BCUT2D eigenvalue weighted by Gasteiger charge is -2.03. The fraction of sp³-hybridized carbons (Fsp3) is 0.300. The van der Waals surface area contributed by atoms with Crippen LogP contribution < -0.4 is 11.5 Å². The highest BCUT2D eigenvalue weighted by atomic mass is 33.1. The number of rotatable bonds is 11. The minimum Gasteiger partial charge on any atom is -0.387 e. The summed E-state index contributed by atoms with van der Waals surface area (Å²) in [6.07, 6.45) is 1.62. The fourth-order valence-corrected chi connectivity index (χ4v) is 4.15. The van der Waals surface area contributed by atoms with Crippen molar-refractivity contribution in [3.63, 3.8) is 0 Å². The molecule has 6 heteroatoms. The van der Waals surface area contributed by atoms with Crippen LogP contribution in [0.5, 0.6) is 0 Å². The Bertz CT molecular complexity index is 626. The third-order valence-electron chi connectivity index (χ3n) is 3.58. The van der Waals surface area contributed by atoms with E-state index in [1.54, 1.807) is 21.6 Å². The Morgan fingerprint density at radius 1 is 0.654 bits per heavy atom. The fourth-order valence-electron chi connectivity index (χ4n) is 2.12. The molecule has 0 saturated carbocycles. The van der Waals surface area contributed by atoms with E-state index in [4.69, 9.17) is 11.5 Å². The molecule has 0 atom stereocenters. The van der Waals surface area contributed by atoms with Gasteiger partial charge in [-0.3, -0.25) is 9.98 Å². The zero-order valence-corrected chi connectivity index (χ0v) is 16.5. The standard InChI is InChI=1S/C20H26N4S2/c21-19(23-15-17-7-3-1-4-8-17)11-13-25-26-14-12-20(22)24-16-18-9-5-2-6-10-18/h1-10H,11-16H2,(H2,21,23)(H2,22,24). The van der Waals surface area contributed by atoms with Crippen LogP contribution in [-0.4, -0.2) is 23.2 Å². The topological polar surface area (TPSA) is 76.8 Å². The molecule has 4 N–H and O–H groups in total. The largest absolute Gasteiger partial charge is 0.387 e. The van der Waals surface area contributed by atoms with Gasteiger partial charge >= 0.3 is 0 Å². The molecular formula is C20H26N4S2. The zero-order chi connectivity index (χ0) is 18.5. The first-order chi connectivity index (χ1) is 12.7. The summed E-state index contributed by atoms with van der Waals surface area (Å²) in [5, 5.41) is 0. The first kappa shape index (κ1) is 20.4. The van der Waals surface area contributed by atoms with Crippen molar-refractivity contribution in [3.8, 4) is 0 Å². The smallest absolute Gasteiger partial charge is 0.0949 e. The van der Waals surface area contributed by atoms with Gasteiger partial charge in [0.15, 0.2) is 0 Å². The molecule has 0 unspecified atom stereocenters. The van der Waals surface area contributed by atoms with Crippen LogP contribution in [-0.2, 0) is 13.1 Å². The summed E-state index contributed by atoms with van der Waals surface area (Å²) in [7, 11) is 3.61. The van der Waals surface area contributed by atoms with E-state index in [0.717, 1.165) is 24.3 Å². The maximum absolute atomic E-state index is 5.97. The van der Waals surface area contributed by atoms with Crippen LogP contribution in [0.4, 0.5) is 0 Å². The predicted octanol–water partition coefficient (Wildman–Crippen LogP) is 4.26. The highest BCUT2D eigenvalue weighted by Gasteiger charge is 1.98. The monoisotopic (exact) mass is 386 g/mol. The van der Waals surface area contributed by atoms with E-state index >= 15 is 0 Å². The lowest BCUT2D eigenvalue weighted by Crippen LogP contribution is -2.13. The number of nitrogens with two attached hydrogens (primary N) is 2. The summed E-state index contributed by atoms with van der Waals surface area (Å²) in [5.41, 5.74) is 14.3. The summed E-state index contributed by atoms with van der Waals surface area (Å²) < 4.78 is 0. The summed E-state index contributed by atoms with van der Waals surface area (Å²) in [4.78, 5) is 8.85. The highest BCUT2D eigenvalue weighted by Crippen LogP contribution is 2.22. The van der Waals surface area contributed by atoms with Gasteiger partial charge in [-0.15, -0.1) is 0 Å². The average molecular weight is 387 g/mol. The van der Waals surface area contributed by atoms with Gasteiger partial charge in [-0.25, -0.2) is 0 Å². The second kappa shape index (κ2) is 12.4. The molecule has 0 aliphatic heterocycles. The molecule has 0 aliphatic rings. The number of hydrogen-bond acceptors (Lipinski definition) is 4. The van der Waals surface area contributed by atoms with Crippen LogP contribution in [0.2, 0.25) is 0 Å². The maximum Gasteiger partial charge on any atom is 0.0949 e. The summed E-state index contributed by atoms with van der Waals surface area (Å²) >= 11 is 0. The number of amidine groups is 2. The Labute approximate surface area is 164 Å². The predicted molar refractivity (Wildman–Crippen MR) is 118 cm³/mol. The summed E-state index contributed by atoms with van der Waals surface area (Å²) in [5.74, 6) is 3.34. The van der Waals surface area contributed by atoms with Gasteiger partial charge in [0.25, 0.3) is 0 Å². The molecule has 2 aromatic carbocycles. The number of aliphatic imine (C=N–C) groups is 2. The third kappa shape index (κ3) is 8.97. The van der Waals surface area contributed by atoms with Crippen LogP contribution in [0.15, 0.2) is 70.6 Å². The Kier molecular flexibility index (Phi) is 9.75. The minimum atomic E-state index is 0.652. The number of benzene rings is 2. The Morgan fingerprint density at radius 3 is 1.42 bits per heavy atom. The Hall–Kier alpha value is -1.92. The van der Waals surface area contributed by atoms with E-state index < -0.39 is 0 Å². The normalized spacial score (nSPS) is 12.3. The molecule has 0 amide bonds. The zero-order valence-electron chi connectivity index (χ0n) is 14.9. The van der Waals surface area contributed by atoms with Crippen molar-refractivity contribution >= 4 is 33.3 Å². The van der Waals surface area contributed by atoms with Crippen molar-refractivity contribution in [2.45, 2.75) is 25.9 Å². The molecule has 2 rings (SSSR count). The van der Waals surface area contributed by atoms with Crippen LogP contribution in [0.25, 0.3) is 0 Å². The van der Waals surface area contributed by atoms with Gasteiger partial charge in [0.05, 0.1) is 24.8 Å². The highest BCUT2D eigenvalue weighted by molar-refractivity contribution is 8.76. The van der Waals surface area contributed by atoms with Crippen molar-refractivity contribution < 1.29 is 0 Å².